The van der Waals surface area contributed by atoms with Gasteiger partial charge in [-0.2, -0.15) is 0 Å². The number of hydrogen-bond acceptors (Lipinski definition) is 12. The fraction of sp³-hybridized carbons (Fsp3) is 0.321. The van der Waals surface area contributed by atoms with E-state index in [4.69, 9.17) is 18.9 Å². The number of imidazole rings is 1. The molecule has 1 fully saturated rings. The molecule has 1 aliphatic rings. The number of likely N-dealkylation sites (N-methyl/N-ethyl adjacent to an activating group) is 1. The summed E-state index contributed by atoms with van der Waals surface area (Å²) in [5.41, 5.74) is 1.86. The highest BCUT2D eigenvalue weighted by molar-refractivity contribution is 5.92. The van der Waals surface area contributed by atoms with E-state index in [-0.39, 0.29) is 12.5 Å². The summed E-state index contributed by atoms with van der Waals surface area (Å²) < 4.78 is 23.2. The molecule has 4 atom stereocenters. The van der Waals surface area contributed by atoms with Crippen LogP contribution in [0.15, 0.2) is 55.1 Å². The van der Waals surface area contributed by atoms with Crippen LogP contribution in [-0.2, 0) is 14.3 Å². The maximum atomic E-state index is 12.4. The number of amides is 2. The summed E-state index contributed by atoms with van der Waals surface area (Å²) in [6, 6.07) is 11.9. The number of methoxy groups -OCH3 is 2. The number of rotatable bonds is 11. The van der Waals surface area contributed by atoms with Gasteiger partial charge in [0.15, 0.2) is 35.9 Å². The molecule has 15 heteroatoms. The lowest BCUT2D eigenvalue weighted by molar-refractivity contribution is -0.137. The average molecular weight is 594 g/mol. The molecule has 4 aromatic rings. The van der Waals surface area contributed by atoms with Crippen LogP contribution in [0.3, 0.4) is 0 Å². The zero-order valence-electron chi connectivity index (χ0n) is 23.6. The summed E-state index contributed by atoms with van der Waals surface area (Å²) in [6.45, 7) is 1.87. The summed E-state index contributed by atoms with van der Waals surface area (Å²) in [7, 11) is 3.05. The molecule has 0 aliphatic carbocycles. The van der Waals surface area contributed by atoms with Gasteiger partial charge in [-0.1, -0.05) is 0 Å². The average Bonchev–Trinajstić information content (AvgIpc) is 3.57. The van der Waals surface area contributed by atoms with Gasteiger partial charge in [0.2, 0.25) is 0 Å². The second kappa shape index (κ2) is 12.9. The third kappa shape index (κ3) is 6.43. The molecular weight excluding hydrogens is 562 g/mol. The molecule has 0 saturated carbocycles. The number of fused-ring (bicyclic) bond motifs is 1. The number of aliphatic hydroxyl groups excluding tert-OH is 2. The van der Waals surface area contributed by atoms with E-state index >= 15 is 0 Å². The van der Waals surface area contributed by atoms with E-state index in [1.165, 1.54) is 31.4 Å². The van der Waals surface area contributed by atoms with Gasteiger partial charge >= 0.3 is 0 Å². The van der Waals surface area contributed by atoms with Crippen molar-refractivity contribution in [2.75, 3.05) is 38.0 Å². The molecule has 2 aromatic carbocycles. The van der Waals surface area contributed by atoms with Crippen molar-refractivity contribution in [3.05, 3.63) is 55.1 Å². The van der Waals surface area contributed by atoms with Crippen LogP contribution in [0, 0.1) is 0 Å². The molecule has 226 valence electrons. The number of carbonyl (C=O) groups excluding carboxylic acids is 2. The van der Waals surface area contributed by atoms with Crippen LogP contribution in [0.1, 0.15) is 13.2 Å². The lowest BCUT2D eigenvalue weighted by Gasteiger charge is -2.16. The first kappa shape index (κ1) is 29.5. The van der Waals surface area contributed by atoms with Gasteiger partial charge in [0, 0.05) is 36.1 Å². The van der Waals surface area contributed by atoms with E-state index in [1.807, 2.05) is 0 Å². The molecule has 3 heterocycles. The number of carbonyl (C=O) groups is 2. The smallest absolute Gasteiger partial charge is 0.262 e. The molecule has 0 bridgehead atoms. The Hall–Kier alpha value is -4.99. The lowest BCUT2D eigenvalue weighted by Crippen LogP contribution is -2.42. The SMILES string of the molecule is CCNC(=O)[C@H]1O[C@@H](n2cnc3c(Nc4ccc(OCC(=O)Nc5cc(OC)cc(OC)c5)cc4)ncnc32)[C@H](O)[C@@H]1O. The number of anilines is 3. The first-order valence-electron chi connectivity index (χ1n) is 13.3. The highest BCUT2D eigenvalue weighted by Gasteiger charge is 2.47. The van der Waals surface area contributed by atoms with E-state index in [1.54, 1.807) is 49.4 Å². The Morgan fingerprint density at radius 3 is 2.35 bits per heavy atom. The van der Waals surface area contributed by atoms with Crippen molar-refractivity contribution in [2.45, 2.75) is 31.5 Å². The predicted octanol–water partition coefficient (Wildman–Crippen LogP) is 1.36. The van der Waals surface area contributed by atoms with Gasteiger partial charge in [0.25, 0.3) is 11.8 Å². The summed E-state index contributed by atoms with van der Waals surface area (Å²) in [5.74, 6) is 1.04. The Morgan fingerprint density at radius 2 is 1.67 bits per heavy atom. The Bertz CT molecular complexity index is 1570. The quantitative estimate of drug-likeness (QED) is 0.168. The maximum absolute atomic E-state index is 12.4. The van der Waals surface area contributed by atoms with Gasteiger partial charge in [-0.05, 0) is 31.2 Å². The van der Waals surface area contributed by atoms with Crippen LogP contribution in [0.25, 0.3) is 11.2 Å². The Morgan fingerprint density at radius 1 is 0.953 bits per heavy atom. The lowest BCUT2D eigenvalue weighted by atomic mass is 10.1. The maximum Gasteiger partial charge on any atom is 0.262 e. The van der Waals surface area contributed by atoms with Gasteiger partial charge in [0.1, 0.15) is 35.8 Å². The third-order valence-corrected chi connectivity index (χ3v) is 6.60. The summed E-state index contributed by atoms with van der Waals surface area (Å²) in [5, 5.41) is 29.5. The van der Waals surface area contributed by atoms with Crippen molar-refractivity contribution in [3.8, 4) is 17.2 Å². The first-order valence-corrected chi connectivity index (χ1v) is 13.3. The fourth-order valence-corrected chi connectivity index (χ4v) is 4.51. The molecule has 5 N–H and O–H groups in total. The van der Waals surface area contributed by atoms with Crippen molar-refractivity contribution in [3.63, 3.8) is 0 Å². The highest BCUT2D eigenvalue weighted by Crippen LogP contribution is 2.33. The fourth-order valence-electron chi connectivity index (χ4n) is 4.51. The summed E-state index contributed by atoms with van der Waals surface area (Å²) >= 11 is 0. The molecule has 2 amide bonds. The normalized spacial score (nSPS) is 19.6. The third-order valence-electron chi connectivity index (χ3n) is 6.60. The topological polar surface area (TPSA) is 191 Å². The minimum absolute atomic E-state index is 0.221. The van der Waals surface area contributed by atoms with Gasteiger partial charge in [-0.15, -0.1) is 0 Å². The standard InChI is InChI=1S/C28H31N7O8/c1-4-29-27(39)24-22(37)23(38)28(43-24)35-14-32-21-25(30-13-31-26(21)35)34-15-5-7-17(8-6-15)42-12-20(36)33-16-9-18(40-2)11-19(10-16)41-3/h5-11,13-14,22-24,28,37-38H,4,12H2,1-3H3,(H,29,39)(H,33,36)(H,30,31,34)/t22-,23+,24-,28+/m0/s1. The molecule has 43 heavy (non-hydrogen) atoms. The van der Waals surface area contributed by atoms with Crippen molar-refractivity contribution in [1.29, 1.82) is 0 Å². The Kier molecular flexibility index (Phi) is 8.85. The second-order valence-electron chi connectivity index (χ2n) is 9.46. The summed E-state index contributed by atoms with van der Waals surface area (Å²) in [4.78, 5) is 37.6. The van der Waals surface area contributed by atoms with E-state index in [0.29, 0.717) is 52.1 Å². The van der Waals surface area contributed by atoms with Crippen LogP contribution >= 0.6 is 0 Å². The van der Waals surface area contributed by atoms with E-state index < -0.39 is 30.4 Å². The zero-order valence-corrected chi connectivity index (χ0v) is 23.6. The minimum Gasteiger partial charge on any atom is -0.497 e. The number of nitrogens with zero attached hydrogens (tertiary/aromatic N) is 4. The molecule has 1 aliphatic heterocycles. The van der Waals surface area contributed by atoms with Crippen LogP contribution in [0.4, 0.5) is 17.2 Å². The van der Waals surface area contributed by atoms with Gasteiger partial charge in [-0.3, -0.25) is 14.2 Å². The first-order chi connectivity index (χ1) is 20.8. The van der Waals surface area contributed by atoms with Crippen molar-refractivity contribution < 1.29 is 38.7 Å². The van der Waals surface area contributed by atoms with E-state index in [2.05, 4.69) is 30.9 Å². The van der Waals surface area contributed by atoms with Crippen molar-refractivity contribution >= 4 is 40.2 Å². The van der Waals surface area contributed by atoms with Crippen LogP contribution in [0.2, 0.25) is 0 Å². The molecule has 5 rings (SSSR count). The number of benzene rings is 2. The van der Waals surface area contributed by atoms with Crippen molar-refractivity contribution in [1.82, 2.24) is 24.8 Å². The zero-order chi connectivity index (χ0) is 30.5. The molecule has 2 aromatic heterocycles. The largest absolute Gasteiger partial charge is 0.497 e. The molecule has 1 saturated heterocycles. The second-order valence-corrected chi connectivity index (χ2v) is 9.46. The Balaban J connectivity index is 1.22. The Labute approximate surface area is 245 Å². The van der Waals surface area contributed by atoms with Gasteiger partial charge in [0.05, 0.1) is 20.5 Å². The predicted molar refractivity (Wildman–Crippen MR) is 153 cm³/mol. The highest BCUT2D eigenvalue weighted by atomic mass is 16.6. The van der Waals surface area contributed by atoms with Gasteiger partial charge in [-0.25, -0.2) is 15.0 Å². The van der Waals surface area contributed by atoms with Gasteiger partial charge < -0.3 is 45.1 Å². The van der Waals surface area contributed by atoms with Crippen LogP contribution < -0.4 is 30.2 Å². The number of aromatic nitrogens is 4. The number of aliphatic hydroxyl groups is 2. The molecule has 0 unspecified atom stereocenters. The van der Waals surface area contributed by atoms with Crippen molar-refractivity contribution in [2.24, 2.45) is 0 Å². The number of hydrogen-bond donors (Lipinski definition) is 5. The van der Waals surface area contributed by atoms with E-state index in [0.717, 1.165) is 0 Å². The monoisotopic (exact) mass is 593 g/mol. The number of ether oxygens (including phenoxy) is 4. The number of nitrogens with one attached hydrogen (secondary N) is 3. The molecule has 0 spiro atoms. The molecule has 0 radical (unpaired) electrons. The van der Waals surface area contributed by atoms with E-state index in [9.17, 15) is 19.8 Å². The molecule has 15 nitrogen and oxygen atoms in total. The van der Waals surface area contributed by atoms with Crippen LogP contribution in [-0.4, -0.2) is 87.2 Å². The minimum atomic E-state index is -1.43. The molecular formula is C28H31N7O8. The summed E-state index contributed by atoms with van der Waals surface area (Å²) in [6.07, 6.45) is -2.43. The van der Waals surface area contributed by atoms with Crippen LogP contribution in [0.5, 0.6) is 17.2 Å².